The second-order valence-electron chi connectivity index (χ2n) is 4.43. The Balaban J connectivity index is 3.18. The summed E-state index contributed by atoms with van der Waals surface area (Å²) in [5.74, 6) is 1.46. The van der Waals surface area contributed by atoms with E-state index in [1.54, 1.807) is 0 Å². The van der Waals surface area contributed by atoms with E-state index in [4.69, 9.17) is 12.2 Å². The van der Waals surface area contributed by atoms with E-state index in [1.807, 2.05) is 0 Å². The van der Waals surface area contributed by atoms with Gasteiger partial charge in [0.2, 0.25) is 5.95 Å². The zero-order valence-electron chi connectivity index (χ0n) is 10.9. The smallest absolute Gasteiger partial charge is 0.204 e. The molecule has 0 fully saturated rings. The Morgan fingerprint density at radius 3 is 2.41 bits per heavy atom. The monoisotopic (exact) mass is 317 g/mol. The lowest BCUT2D eigenvalue weighted by Gasteiger charge is -2.21. The van der Waals surface area contributed by atoms with E-state index in [9.17, 15) is 0 Å². The van der Waals surface area contributed by atoms with Gasteiger partial charge in [0.15, 0.2) is 0 Å². The lowest BCUT2D eigenvalue weighted by atomic mass is 10.1. The number of hydrogen-bond donors (Lipinski definition) is 1. The van der Waals surface area contributed by atoms with Crippen LogP contribution < -0.4 is 4.90 Å². The molecule has 0 aliphatic rings. The quantitative estimate of drug-likeness (QED) is 0.834. The second kappa shape index (κ2) is 6.50. The second-order valence-corrected chi connectivity index (χ2v) is 5.61. The summed E-state index contributed by atoms with van der Waals surface area (Å²) in [6.07, 6.45) is 0.973. The molecule has 5 heteroatoms. The lowest BCUT2D eigenvalue weighted by molar-refractivity contribution is 0.629. The number of halogens is 1. The highest BCUT2D eigenvalue weighted by Gasteiger charge is 2.11. The summed E-state index contributed by atoms with van der Waals surface area (Å²) in [7, 11) is 0. The fraction of sp³-hybridized carbons (Fsp3) is 0.667. The Hall–Kier alpha value is -0.420. The molecule has 0 unspecified atom stereocenters. The molecule has 0 spiro atoms. The summed E-state index contributed by atoms with van der Waals surface area (Å²) in [5, 5.41) is 0. The van der Waals surface area contributed by atoms with Crippen molar-refractivity contribution in [1.82, 2.24) is 9.97 Å². The van der Waals surface area contributed by atoms with Gasteiger partial charge < -0.3 is 9.88 Å². The first-order chi connectivity index (χ1) is 7.99. The van der Waals surface area contributed by atoms with Gasteiger partial charge in [0, 0.05) is 18.8 Å². The van der Waals surface area contributed by atoms with Crippen LogP contribution in [0.2, 0.25) is 0 Å². The predicted octanol–water partition coefficient (Wildman–Crippen LogP) is 3.95. The van der Waals surface area contributed by atoms with Gasteiger partial charge in [-0.25, -0.2) is 4.98 Å². The third-order valence-corrected chi connectivity index (χ3v) is 4.01. The van der Waals surface area contributed by atoms with Crippen molar-refractivity contribution in [2.75, 3.05) is 18.0 Å². The molecule has 0 atom stereocenters. The minimum absolute atomic E-state index is 0.587. The molecular weight excluding hydrogens is 298 g/mol. The number of aromatic nitrogens is 2. The first-order valence-electron chi connectivity index (χ1n) is 6.03. The molecule has 17 heavy (non-hydrogen) atoms. The first-order valence-corrected chi connectivity index (χ1v) is 7.23. The zero-order chi connectivity index (χ0) is 13.0. The fourth-order valence-electron chi connectivity index (χ4n) is 1.71. The summed E-state index contributed by atoms with van der Waals surface area (Å²) < 4.78 is 1.57. The van der Waals surface area contributed by atoms with Crippen LogP contribution in [-0.4, -0.2) is 23.1 Å². The van der Waals surface area contributed by atoms with Gasteiger partial charge in [-0.15, -0.1) is 0 Å². The van der Waals surface area contributed by atoms with Crippen LogP contribution in [0.15, 0.2) is 4.47 Å². The molecule has 1 heterocycles. The number of H-pyrrole nitrogens is 1. The van der Waals surface area contributed by atoms with Crippen LogP contribution in [0.25, 0.3) is 0 Å². The highest BCUT2D eigenvalue weighted by Crippen LogP contribution is 2.21. The van der Waals surface area contributed by atoms with Crippen LogP contribution in [0.1, 0.15) is 33.4 Å². The largest absolute Gasteiger partial charge is 0.343 e. The molecule has 0 saturated heterocycles. The summed E-state index contributed by atoms with van der Waals surface area (Å²) in [4.78, 5) is 9.98. The molecule has 0 aliphatic carbocycles. The van der Waals surface area contributed by atoms with Gasteiger partial charge in [0.25, 0.3) is 0 Å². The highest BCUT2D eigenvalue weighted by molar-refractivity contribution is 9.10. The van der Waals surface area contributed by atoms with Crippen LogP contribution >= 0.6 is 28.1 Å². The molecular formula is C12H20BrN3S. The van der Waals surface area contributed by atoms with E-state index in [2.05, 4.69) is 58.5 Å². The maximum Gasteiger partial charge on any atom is 0.204 e. The van der Waals surface area contributed by atoms with Crippen LogP contribution in [0, 0.1) is 10.6 Å². The number of nitrogens with zero attached hydrogens (tertiary/aromatic N) is 2. The summed E-state index contributed by atoms with van der Waals surface area (Å²) in [6, 6.07) is 0. The fourth-order valence-corrected chi connectivity index (χ4v) is 2.27. The number of anilines is 1. The Morgan fingerprint density at radius 2 is 1.94 bits per heavy atom. The Bertz CT molecular complexity index is 424. The van der Waals surface area contributed by atoms with Crippen molar-refractivity contribution in [3.63, 3.8) is 0 Å². The molecule has 0 saturated carbocycles. The van der Waals surface area contributed by atoms with E-state index in [-0.39, 0.29) is 0 Å². The molecule has 1 aromatic rings. The number of hydrogen-bond acceptors (Lipinski definition) is 3. The zero-order valence-corrected chi connectivity index (χ0v) is 13.3. The standard InChI is InChI=1S/C12H20BrN3S/c1-5-16(6-2)12-14-9(7-8(3)4)10(13)11(17)15-12/h8H,5-7H2,1-4H3,(H,14,15,17). The van der Waals surface area contributed by atoms with E-state index in [0.717, 1.165) is 35.6 Å². The van der Waals surface area contributed by atoms with Gasteiger partial charge in [-0.05, 0) is 42.1 Å². The third-order valence-electron chi connectivity index (χ3n) is 2.60. The van der Waals surface area contributed by atoms with Crippen LogP contribution in [0.5, 0.6) is 0 Å². The molecule has 0 aliphatic heterocycles. The first kappa shape index (κ1) is 14.6. The lowest BCUT2D eigenvalue weighted by Crippen LogP contribution is -2.25. The van der Waals surface area contributed by atoms with Gasteiger partial charge in [0.05, 0.1) is 4.47 Å². The Labute approximate surface area is 117 Å². The van der Waals surface area contributed by atoms with Crippen molar-refractivity contribution in [2.24, 2.45) is 5.92 Å². The van der Waals surface area contributed by atoms with E-state index in [1.165, 1.54) is 0 Å². The predicted molar refractivity (Wildman–Crippen MR) is 79.2 cm³/mol. The average Bonchev–Trinajstić information content (AvgIpc) is 2.26. The van der Waals surface area contributed by atoms with Crippen molar-refractivity contribution in [1.29, 1.82) is 0 Å². The van der Waals surface area contributed by atoms with Crippen molar-refractivity contribution in [3.05, 3.63) is 14.8 Å². The highest BCUT2D eigenvalue weighted by atomic mass is 79.9. The molecule has 3 nitrogen and oxygen atoms in total. The Morgan fingerprint density at radius 1 is 1.35 bits per heavy atom. The SMILES string of the molecule is CCN(CC)c1nc(=S)c(Br)c(CC(C)C)[nH]1. The van der Waals surface area contributed by atoms with Crippen LogP contribution in [0.4, 0.5) is 5.95 Å². The van der Waals surface area contributed by atoms with Crippen molar-refractivity contribution >= 4 is 34.1 Å². The van der Waals surface area contributed by atoms with Crippen molar-refractivity contribution < 1.29 is 0 Å². The maximum atomic E-state index is 5.29. The van der Waals surface area contributed by atoms with Crippen LogP contribution in [-0.2, 0) is 6.42 Å². The molecule has 0 bridgehead atoms. The Kier molecular flexibility index (Phi) is 5.59. The van der Waals surface area contributed by atoms with Gasteiger partial charge >= 0.3 is 0 Å². The maximum absolute atomic E-state index is 5.29. The molecule has 96 valence electrons. The normalized spacial score (nSPS) is 10.9. The van der Waals surface area contributed by atoms with Gasteiger partial charge in [-0.3, -0.25) is 0 Å². The molecule has 0 amide bonds. The third kappa shape index (κ3) is 3.78. The summed E-state index contributed by atoms with van der Waals surface area (Å²) in [5.41, 5.74) is 1.14. The van der Waals surface area contributed by atoms with E-state index in [0.29, 0.717) is 10.6 Å². The minimum atomic E-state index is 0.587. The van der Waals surface area contributed by atoms with Gasteiger partial charge in [0.1, 0.15) is 4.64 Å². The van der Waals surface area contributed by atoms with Gasteiger partial charge in [-0.2, -0.15) is 0 Å². The van der Waals surface area contributed by atoms with Gasteiger partial charge in [-0.1, -0.05) is 26.1 Å². The van der Waals surface area contributed by atoms with Crippen molar-refractivity contribution in [3.8, 4) is 0 Å². The average molecular weight is 318 g/mol. The molecule has 0 aromatic carbocycles. The molecule has 0 radical (unpaired) electrons. The van der Waals surface area contributed by atoms with E-state index < -0.39 is 0 Å². The number of rotatable bonds is 5. The molecule has 1 aromatic heterocycles. The molecule has 1 rings (SSSR count). The summed E-state index contributed by atoms with van der Waals surface area (Å²) in [6.45, 7) is 10.5. The van der Waals surface area contributed by atoms with Crippen molar-refractivity contribution in [2.45, 2.75) is 34.1 Å². The molecule has 1 N–H and O–H groups in total. The van der Waals surface area contributed by atoms with Crippen LogP contribution in [0.3, 0.4) is 0 Å². The number of nitrogens with one attached hydrogen (secondary N) is 1. The minimum Gasteiger partial charge on any atom is -0.343 e. The number of aromatic amines is 1. The topological polar surface area (TPSA) is 31.9 Å². The summed E-state index contributed by atoms with van der Waals surface area (Å²) >= 11 is 8.81. The van der Waals surface area contributed by atoms with E-state index >= 15 is 0 Å².